The average Bonchev–Trinajstić information content (AvgIpc) is 2.39. The zero-order chi connectivity index (χ0) is 13.8. The van der Waals surface area contributed by atoms with Gasteiger partial charge in [-0.3, -0.25) is 0 Å². The first-order valence-corrected chi connectivity index (χ1v) is 7.34. The molecule has 1 aliphatic heterocycles. The van der Waals surface area contributed by atoms with E-state index >= 15 is 0 Å². The fourth-order valence-corrected chi connectivity index (χ4v) is 3.08. The highest BCUT2D eigenvalue weighted by atomic mass is 15.2. The molecule has 0 aliphatic carbocycles. The second-order valence-corrected chi connectivity index (χ2v) is 5.80. The summed E-state index contributed by atoms with van der Waals surface area (Å²) in [5.74, 6) is 0. The van der Waals surface area contributed by atoms with E-state index in [2.05, 4.69) is 48.9 Å². The van der Waals surface area contributed by atoms with Crippen LogP contribution in [0.4, 0.5) is 5.69 Å². The van der Waals surface area contributed by atoms with Gasteiger partial charge in [-0.2, -0.15) is 0 Å². The zero-order valence-electron chi connectivity index (χ0n) is 12.5. The number of anilines is 1. The standard InChI is InChI=1S/C16H27N3/c1-13-6-7-16(14(2)11-13)19-9-4-5-15(12-19)18(3)10-8-17/h6-7,11,15H,4-5,8-10,12,17H2,1-3H3. The Morgan fingerprint density at radius 2 is 2.16 bits per heavy atom. The van der Waals surface area contributed by atoms with E-state index in [0.29, 0.717) is 6.04 Å². The maximum atomic E-state index is 5.67. The summed E-state index contributed by atoms with van der Waals surface area (Å²) in [6.45, 7) is 8.42. The van der Waals surface area contributed by atoms with E-state index in [1.807, 2.05) is 0 Å². The minimum Gasteiger partial charge on any atom is -0.370 e. The first kappa shape index (κ1) is 14.4. The van der Waals surface area contributed by atoms with Crippen LogP contribution in [-0.2, 0) is 0 Å². The van der Waals surface area contributed by atoms with Crippen molar-refractivity contribution >= 4 is 5.69 Å². The highest BCUT2D eigenvalue weighted by molar-refractivity contribution is 5.54. The van der Waals surface area contributed by atoms with Crippen molar-refractivity contribution in [2.45, 2.75) is 32.7 Å². The van der Waals surface area contributed by atoms with Gasteiger partial charge in [0, 0.05) is 37.9 Å². The molecule has 1 unspecified atom stereocenters. The molecule has 1 fully saturated rings. The average molecular weight is 261 g/mol. The maximum Gasteiger partial charge on any atom is 0.0396 e. The highest BCUT2D eigenvalue weighted by Gasteiger charge is 2.23. The van der Waals surface area contributed by atoms with Crippen molar-refractivity contribution < 1.29 is 0 Å². The normalized spacial score (nSPS) is 20.1. The van der Waals surface area contributed by atoms with E-state index in [1.165, 1.54) is 36.2 Å². The minimum absolute atomic E-state index is 0.637. The molecule has 1 heterocycles. The van der Waals surface area contributed by atoms with Crippen molar-refractivity contribution in [2.75, 3.05) is 38.1 Å². The molecule has 1 saturated heterocycles. The highest BCUT2D eigenvalue weighted by Crippen LogP contribution is 2.25. The third-order valence-corrected chi connectivity index (χ3v) is 4.19. The maximum absolute atomic E-state index is 5.67. The van der Waals surface area contributed by atoms with Gasteiger partial charge in [0.05, 0.1) is 0 Å². The molecule has 1 aliphatic rings. The molecule has 19 heavy (non-hydrogen) atoms. The number of hydrogen-bond acceptors (Lipinski definition) is 3. The molecule has 0 spiro atoms. The smallest absolute Gasteiger partial charge is 0.0396 e. The van der Waals surface area contributed by atoms with Gasteiger partial charge in [0.1, 0.15) is 0 Å². The quantitative estimate of drug-likeness (QED) is 0.901. The van der Waals surface area contributed by atoms with Crippen LogP contribution < -0.4 is 10.6 Å². The molecule has 1 aromatic rings. The van der Waals surface area contributed by atoms with Crippen LogP contribution in [0, 0.1) is 13.8 Å². The SMILES string of the molecule is Cc1ccc(N2CCCC(N(C)CCN)C2)c(C)c1. The van der Waals surface area contributed by atoms with Gasteiger partial charge in [-0.05, 0) is 45.4 Å². The molecular weight excluding hydrogens is 234 g/mol. The summed E-state index contributed by atoms with van der Waals surface area (Å²) in [4.78, 5) is 4.95. The summed E-state index contributed by atoms with van der Waals surface area (Å²) in [6.07, 6.45) is 2.56. The number of benzene rings is 1. The van der Waals surface area contributed by atoms with Crippen LogP contribution in [0.2, 0.25) is 0 Å². The zero-order valence-corrected chi connectivity index (χ0v) is 12.5. The predicted octanol–water partition coefficient (Wildman–Crippen LogP) is 2.16. The van der Waals surface area contributed by atoms with Crippen molar-refractivity contribution in [3.05, 3.63) is 29.3 Å². The van der Waals surface area contributed by atoms with Crippen LogP contribution in [0.1, 0.15) is 24.0 Å². The second-order valence-electron chi connectivity index (χ2n) is 5.80. The lowest BCUT2D eigenvalue weighted by Gasteiger charge is -2.39. The summed E-state index contributed by atoms with van der Waals surface area (Å²) < 4.78 is 0. The Balaban J connectivity index is 2.08. The number of nitrogens with zero attached hydrogens (tertiary/aromatic N) is 2. The van der Waals surface area contributed by atoms with Gasteiger partial charge < -0.3 is 15.5 Å². The number of nitrogens with two attached hydrogens (primary N) is 1. The molecule has 0 bridgehead atoms. The molecule has 106 valence electrons. The Labute approximate surface area is 117 Å². The van der Waals surface area contributed by atoms with Crippen LogP contribution in [0.5, 0.6) is 0 Å². The van der Waals surface area contributed by atoms with Gasteiger partial charge in [0.2, 0.25) is 0 Å². The summed E-state index contributed by atoms with van der Waals surface area (Å²) >= 11 is 0. The van der Waals surface area contributed by atoms with Crippen LogP contribution in [0.15, 0.2) is 18.2 Å². The van der Waals surface area contributed by atoms with Crippen molar-refractivity contribution in [1.29, 1.82) is 0 Å². The topological polar surface area (TPSA) is 32.5 Å². The first-order chi connectivity index (χ1) is 9.11. The predicted molar refractivity (Wildman–Crippen MR) is 82.8 cm³/mol. The fourth-order valence-electron chi connectivity index (χ4n) is 3.08. The fraction of sp³-hybridized carbons (Fsp3) is 0.625. The number of piperidine rings is 1. The summed E-state index contributed by atoms with van der Waals surface area (Å²) in [6, 6.07) is 7.41. The van der Waals surface area contributed by atoms with Crippen molar-refractivity contribution in [3.8, 4) is 0 Å². The Bertz CT molecular complexity index is 416. The Morgan fingerprint density at radius 1 is 1.37 bits per heavy atom. The Kier molecular flexibility index (Phi) is 4.83. The largest absolute Gasteiger partial charge is 0.370 e. The molecule has 2 N–H and O–H groups in total. The molecular formula is C16H27N3. The summed E-state index contributed by atoms with van der Waals surface area (Å²) in [7, 11) is 2.20. The van der Waals surface area contributed by atoms with Crippen molar-refractivity contribution in [2.24, 2.45) is 5.73 Å². The van der Waals surface area contributed by atoms with E-state index in [4.69, 9.17) is 5.73 Å². The van der Waals surface area contributed by atoms with Crippen LogP contribution >= 0.6 is 0 Å². The van der Waals surface area contributed by atoms with E-state index in [0.717, 1.165) is 19.6 Å². The lowest BCUT2D eigenvalue weighted by Crippen LogP contribution is -2.48. The number of rotatable bonds is 4. The van der Waals surface area contributed by atoms with Crippen molar-refractivity contribution in [3.63, 3.8) is 0 Å². The minimum atomic E-state index is 0.637. The molecule has 1 aromatic carbocycles. The molecule has 3 heteroatoms. The first-order valence-electron chi connectivity index (χ1n) is 7.34. The molecule has 0 saturated carbocycles. The van der Waals surface area contributed by atoms with Crippen LogP contribution in [0.25, 0.3) is 0 Å². The van der Waals surface area contributed by atoms with Gasteiger partial charge in [-0.15, -0.1) is 0 Å². The molecule has 0 radical (unpaired) electrons. The lowest BCUT2D eigenvalue weighted by molar-refractivity contribution is 0.221. The van der Waals surface area contributed by atoms with E-state index in [-0.39, 0.29) is 0 Å². The van der Waals surface area contributed by atoms with Crippen molar-refractivity contribution in [1.82, 2.24) is 4.90 Å². The summed E-state index contributed by atoms with van der Waals surface area (Å²) in [5.41, 5.74) is 9.80. The third-order valence-electron chi connectivity index (χ3n) is 4.19. The van der Waals surface area contributed by atoms with E-state index < -0.39 is 0 Å². The number of likely N-dealkylation sites (N-methyl/N-ethyl adjacent to an activating group) is 1. The Hall–Kier alpha value is -1.06. The summed E-state index contributed by atoms with van der Waals surface area (Å²) in [5, 5.41) is 0. The van der Waals surface area contributed by atoms with Crippen LogP contribution in [-0.4, -0.2) is 44.2 Å². The number of hydrogen-bond donors (Lipinski definition) is 1. The lowest BCUT2D eigenvalue weighted by atomic mass is 10.0. The molecule has 3 nitrogen and oxygen atoms in total. The molecule has 0 aromatic heterocycles. The third kappa shape index (κ3) is 3.48. The molecule has 0 amide bonds. The number of aryl methyl sites for hydroxylation is 2. The van der Waals surface area contributed by atoms with Crippen LogP contribution in [0.3, 0.4) is 0 Å². The second kappa shape index (κ2) is 6.40. The van der Waals surface area contributed by atoms with Gasteiger partial charge >= 0.3 is 0 Å². The van der Waals surface area contributed by atoms with E-state index in [9.17, 15) is 0 Å². The van der Waals surface area contributed by atoms with Gasteiger partial charge in [0.15, 0.2) is 0 Å². The molecule has 2 rings (SSSR count). The molecule has 1 atom stereocenters. The van der Waals surface area contributed by atoms with Gasteiger partial charge in [-0.1, -0.05) is 17.7 Å². The van der Waals surface area contributed by atoms with Gasteiger partial charge in [0.25, 0.3) is 0 Å². The monoisotopic (exact) mass is 261 g/mol. The van der Waals surface area contributed by atoms with E-state index in [1.54, 1.807) is 0 Å². The van der Waals surface area contributed by atoms with Gasteiger partial charge in [-0.25, -0.2) is 0 Å². The Morgan fingerprint density at radius 3 is 2.84 bits per heavy atom.